The first kappa shape index (κ1) is 17.0. The Kier molecular flexibility index (Phi) is 4.47. The number of pyridine rings is 1. The Morgan fingerprint density at radius 2 is 1.93 bits per heavy atom. The van der Waals surface area contributed by atoms with Crippen molar-refractivity contribution in [1.29, 1.82) is 0 Å². The van der Waals surface area contributed by atoms with E-state index in [1.54, 1.807) is 42.7 Å². The molecule has 4 aromatic rings. The molecule has 0 radical (unpaired) electrons. The molecular formula is C19H13FN4O2S. The summed E-state index contributed by atoms with van der Waals surface area (Å²) in [6.07, 6.45) is 5.05. The van der Waals surface area contributed by atoms with E-state index in [2.05, 4.69) is 15.3 Å². The number of benzene rings is 1. The van der Waals surface area contributed by atoms with Gasteiger partial charge < -0.3 is 0 Å². The number of thiazole rings is 1. The zero-order valence-corrected chi connectivity index (χ0v) is 14.7. The van der Waals surface area contributed by atoms with Crippen LogP contribution in [-0.4, -0.2) is 20.3 Å². The predicted octanol–water partition coefficient (Wildman–Crippen LogP) is 3.13. The first-order chi connectivity index (χ1) is 13.1. The third-order valence-electron chi connectivity index (χ3n) is 3.92. The molecule has 0 aliphatic heterocycles. The minimum atomic E-state index is -0.562. The standard InChI is InChI=1S/C19H13FN4O2S/c20-13-6-4-12(5-7-13)9-14-10-22-19(27-14)23-17(25)15-11-21-16-3-1-2-8-24(16)18(15)26/h1-8,10-11H,9H2,(H,22,23,25). The van der Waals surface area contributed by atoms with Crippen LogP contribution in [0.15, 0.2) is 65.8 Å². The van der Waals surface area contributed by atoms with Gasteiger partial charge in [0.15, 0.2) is 5.13 Å². The van der Waals surface area contributed by atoms with E-state index in [0.717, 1.165) is 10.4 Å². The number of hydrogen-bond acceptors (Lipinski definition) is 5. The molecule has 27 heavy (non-hydrogen) atoms. The number of amides is 1. The van der Waals surface area contributed by atoms with Crippen molar-refractivity contribution in [3.8, 4) is 0 Å². The van der Waals surface area contributed by atoms with Gasteiger partial charge in [0, 0.05) is 29.9 Å². The quantitative estimate of drug-likeness (QED) is 0.590. The summed E-state index contributed by atoms with van der Waals surface area (Å²) < 4.78 is 14.3. The monoisotopic (exact) mass is 380 g/mol. The van der Waals surface area contributed by atoms with E-state index in [9.17, 15) is 14.0 Å². The minimum absolute atomic E-state index is 0.0611. The number of fused-ring (bicyclic) bond motifs is 1. The van der Waals surface area contributed by atoms with Crippen molar-refractivity contribution in [2.75, 3.05) is 5.32 Å². The van der Waals surface area contributed by atoms with Crippen molar-refractivity contribution in [1.82, 2.24) is 14.4 Å². The average molecular weight is 380 g/mol. The molecule has 8 heteroatoms. The molecule has 134 valence electrons. The van der Waals surface area contributed by atoms with Crippen LogP contribution in [0.5, 0.6) is 0 Å². The van der Waals surface area contributed by atoms with Crippen LogP contribution < -0.4 is 10.9 Å². The van der Waals surface area contributed by atoms with Crippen LogP contribution in [0.2, 0.25) is 0 Å². The summed E-state index contributed by atoms with van der Waals surface area (Å²) in [6.45, 7) is 0. The molecule has 0 saturated heterocycles. The zero-order valence-electron chi connectivity index (χ0n) is 13.9. The van der Waals surface area contributed by atoms with Crippen molar-refractivity contribution < 1.29 is 9.18 Å². The molecule has 0 saturated carbocycles. The molecule has 3 aromatic heterocycles. The first-order valence-corrected chi connectivity index (χ1v) is 8.89. The molecule has 0 aliphatic carbocycles. The fourth-order valence-corrected chi connectivity index (χ4v) is 3.44. The normalized spacial score (nSPS) is 10.9. The van der Waals surface area contributed by atoms with Crippen molar-refractivity contribution in [3.63, 3.8) is 0 Å². The maximum absolute atomic E-state index is 13.0. The lowest BCUT2D eigenvalue weighted by Crippen LogP contribution is -2.26. The lowest BCUT2D eigenvalue weighted by Gasteiger charge is -2.03. The Morgan fingerprint density at radius 3 is 2.74 bits per heavy atom. The van der Waals surface area contributed by atoms with E-state index >= 15 is 0 Å². The fourth-order valence-electron chi connectivity index (χ4n) is 2.60. The minimum Gasteiger partial charge on any atom is -0.298 e. The highest BCUT2D eigenvalue weighted by Gasteiger charge is 2.15. The Labute approximate surface area is 157 Å². The van der Waals surface area contributed by atoms with Gasteiger partial charge in [-0.2, -0.15) is 0 Å². The third-order valence-corrected chi connectivity index (χ3v) is 4.84. The number of nitrogens with one attached hydrogen (secondary N) is 1. The van der Waals surface area contributed by atoms with Crippen LogP contribution in [0.4, 0.5) is 9.52 Å². The van der Waals surface area contributed by atoms with Crippen molar-refractivity contribution in [2.45, 2.75) is 6.42 Å². The van der Waals surface area contributed by atoms with Crippen LogP contribution in [0, 0.1) is 5.82 Å². The van der Waals surface area contributed by atoms with Gasteiger partial charge in [-0.25, -0.2) is 14.4 Å². The molecule has 3 heterocycles. The summed E-state index contributed by atoms with van der Waals surface area (Å²) in [6, 6.07) is 11.4. The second-order valence-corrected chi connectivity index (χ2v) is 6.91. The van der Waals surface area contributed by atoms with Crippen LogP contribution in [0.25, 0.3) is 5.65 Å². The fraction of sp³-hybridized carbons (Fsp3) is 0.0526. The van der Waals surface area contributed by atoms with Gasteiger partial charge in [-0.15, -0.1) is 11.3 Å². The van der Waals surface area contributed by atoms with E-state index in [1.807, 2.05) is 0 Å². The average Bonchev–Trinajstić information content (AvgIpc) is 3.11. The molecule has 1 aromatic carbocycles. The number of aromatic nitrogens is 3. The number of halogens is 1. The van der Waals surface area contributed by atoms with Crippen molar-refractivity contribution in [3.05, 3.63) is 93.2 Å². The number of rotatable bonds is 4. The topological polar surface area (TPSA) is 76.4 Å². The summed E-state index contributed by atoms with van der Waals surface area (Å²) in [5.41, 5.74) is 0.903. The van der Waals surface area contributed by atoms with E-state index < -0.39 is 11.5 Å². The molecule has 0 bridgehead atoms. The number of carbonyl (C=O) groups excluding carboxylic acids is 1. The zero-order chi connectivity index (χ0) is 18.8. The lowest BCUT2D eigenvalue weighted by molar-refractivity contribution is 0.102. The van der Waals surface area contributed by atoms with Crippen LogP contribution in [0.3, 0.4) is 0 Å². The molecule has 0 aliphatic rings. The third kappa shape index (κ3) is 3.61. The highest BCUT2D eigenvalue weighted by molar-refractivity contribution is 7.15. The molecule has 0 spiro atoms. The van der Waals surface area contributed by atoms with Gasteiger partial charge in [-0.1, -0.05) is 18.2 Å². The Morgan fingerprint density at radius 1 is 1.11 bits per heavy atom. The van der Waals surface area contributed by atoms with Gasteiger partial charge in [0.2, 0.25) is 0 Å². The van der Waals surface area contributed by atoms with Crippen molar-refractivity contribution in [2.24, 2.45) is 0 Å². The molecule has 0 atom stereocenters. The predicted molar refractivity (Wildman–Crippen MR) is 101 cm³/mol. The molecule has 6 nitrogen and oxygen atoms in total. The lowest BCUT2D eigenvalue weighted by atomic mass is 10.1. The highest BCUT2D eigenvalue weighted by atomic mass is 32.1. The van der Waals surface area contributed by atoms with Gasteiger partial charge in [0.25, 0.3) is 11.5 Å². The molecule has 1 N–H and O–H groups in total. The van der Waals surface area contributed by atoms with Gasteiger partial charge in [-0.3, -0.25) is 19.3 Å². The number of carbonyl (C=O) groups is 1. The van der Waals surface area contributed by atoms with Crippen LogP contribution in [-0.2, 0) is 6.42 Å². The number of nitrogens with zero attached hydrogens (tertiary/aromatic N) is 3. The van der Waals surface area contributed by atoms with Crippen LogP contribution >= 0.6 is 11.3 Å². The summed E-state index contributed by atoms with van der Waals surface area (Å²) >= 11 is 1.30. The summed E-state index contributed by atoms with van der Waals surface area (Å²) in [4.78, 5) is 34.1. The van der Waals surface area contributed by atoms with Gasteiger partial charge in [0.05, 0.1) is 0 Å². The summed E-state index contributed by atoms with van der Waals surface area (Å²) in [7, 11) is 0. The second kappa shape index (κ2) is 7.08. The van der Waals surface area contributed by atoms with Crippen molar-refractivity contribution >= 4 is 28.0 Å². The smallest absolute Gasteiger partial charge is 0.270 e. The van der Waals surface area contributed by atoms with Gasteiger partial charge in [0.1, 0.15) is 17.0 Å². The Hall–Kier alpha value is -3.39. The first-order valence-electron chi connectivity index (χ1n) is 8.07. The Bertz CT molecular complexity index is 1180. The highest BCUT2D eigenvalue weighted by Crippen LogP contribution is 2.21. The molecular weight excluding hydrogens is 367 g/mol. The van der Waals surface area contributed by atoms with E-state index in [1.165, 1.54) is 34.1 Å². The summed E-state index contributed by atoms with van der Waals surface area (Å²) in [5, 5.41) is 3.02. The summed E-state index contributed by atoms with van der Waals surface area (Å²) in [5.74, 6) is -0.847. The number of hydrogen-bond donors (Lipinski definition) is 1. The largest absolute Gasteiger partial charge is 0.298 e. The van der Waals surface area contributed by atoms with Gasteiger partial charge >= 0.3 is 0 Å². The molecule has 0 unspecified atom stereocenters. The van der Waals surface area contributed by atoms with E-state index in [0.29, 0.717) is 17.2 Å². The molecule has 1 amide bonds. The van der Waals surface area contributed by atoms with Crippen LogP contribution in [0.1, 0.15) is 20.8 Å². The molecule has 0 fully saturated rings. The SMILES string of the molecule is O=C(Nc1ncc(Cc2ccc(F)cc2)s1)c1cnc2ccccn2c1=O. The molecule has 4 rings (SSSR count). The Balaban J connectivity index is 1.52. The second-order valence-electron chi connectivity index (χ2n) is 5.79. The number of anilines is 1. The van der Waals surface area contributed by atoms with Gasteiger partial charge in [-0.05, 0) is 29.8 Å². The maximum atomic E-state index is 13.0. The maximum Gasteiger partial charge on any atom is 0.270 e. The van der Waals surface area contributed by atoms with E-state index in [-0.39, 0.29) is 11.4 Å². The van der Waals surface area contributed by atoms with E-state index in [4.69, 9.17) is 0 Å².